The number of carbonyl (C=O) groups excluding carboxylic acids is 1. The SMILES string of the molecule is Cc1ccc(Nc2cccc(C(=O)NCCC(C)O)c2)nn1. The summed E-state index contributed by atoms with van der Waals surface area (Å²) in [5, 5.41) is 23.1. The summed E-state index contributed by atoms with van der Waals surface area (Å²) in [6.07, 6.45) is 0.108. The van der Waals surface area contributed by atoms with Crippen LogP contribution in [0, 0.1) is 6.92 Å². The summed E-state index contributed by atoms with van der Waals surface area (Å²) in [6.45, 7) is 4.01. The lowest BCUT2D eigenvalue weighted by Crippen LogP contribution is -2.26. The largest absolute Gasteiger partial charge is 0.393 e. The molecule has 1 amide bonds. The number of aryl methyl sites for hydroxylation is 1. The van der Waals surface area contributed by atoms with E-state index in [1.165, 1.54) is 0 Å². The molecule has 0 aliphatic rings. The smallest absolute Gasteiger partial charge is 0.251 e. The number of hydrogen-bond acceptors (Lipinski definition) is 5. The molecule has 0 fully saturated rings. The van der Waals surface area contributed by atoms with Crippen molar-refractivity contribution < 1.29 is 9.90 Å². The van der Waals surface area contributed by atoms with Crippen LogP contribution in [-0.2, 0) is 0 Å². The molecule has 0 bridgehead atoms. The molecule has 3 N–H and O–H groups in total. The van der Waals surface area contributed by atoms with Crippen molar-refractivity contribution in [3.63, 3.8) is 0 Å². The normalized spacial score (nSPS) is 11.8. The number of aromatic nitrogens is 2. The van der Waals surface area contributed by atoms with Gasteiger partial charge in [-0.2, -0.15) is 5.10 Å². The van der Waals surface area contributed by atoms with Gasteiger partial charge >= 0.3 is 0 Å². The third-order valence-electron chi connectivity index (χ3n) is 3.04. The van der Waals surface area contributed by atoms with Crippen LogP contribution >= 0.6 is 0 Å². The van der Waals surface area contributed by atoms with Crippen LogP contribution in [0.2, 0.25) is 0 Å². The van der Waals surface area contributed by atoms with Crippen molar-refractivity contribution in [2.75, 3.05) is 11.9 Å². The fourth-order valence-corrected chi connectivity index (χ4v) is 1.85. The molecule has 6 heteroatoms. The number of nitrogens with one attached hydrogen (secondary N) is 2. The zero-order chi connectivity index (χ0) is 15.9. The average Bonchev–Trinajstić information content (AvgIpc) is 2.49. The van der Waals surface area contributed by atoms with E-state index >= 15 is 0 Å². The van der Waals surface area contributed by atoms with Gasteiger partial charge in [0.15, 0.2) is 5.82 Å². The van der Waals surface area contributed by atoms with Crippen molar-refractivity contribution in [2.45, 2.75) is 26.4 Å². The van der Waals surface area contributed by atoms with Crippen molar-refractivity contribution in [3.05, 3.63) is 47.7 Å². The van der Waals surface area contributed by atoms with Gasteiger partial charge in [-0.3, -0.25) is 4.79 Å². The van der Waals surface area contributed by atoms with E-state index in [1.807, 2.05) is 25.1 Å². The van der Waals surface area contributed by atoms with E-state index in [4.69, 9.17) is 0 Å². The first-order chi connectivity index (χ1) is 10.5. The summed E-state index contributed by atoms with van der Waals surface area (Å²) < 4.78 is 0. The quantitative estimate of drug-likeness (QED) is 0.760. The van der Waals surface area contributed by atoms with Gasteiger partial charge in [-0.25, -0.2) is 0 Å². The number of rotatable bonds is 6. The summed E-state index contributed by atoms with van der Waals surface area (Å²) in [6, 6.07) is 10.8. The summed E-state index contributed by atoms with van der Waals surface area (Å²) in [5.41, 5.74) is 2.16. The zero-order valence-corrected chi connectivity index (χ0v) is 12.7. The Hall–Kier alpha value is -2.47. The predicted molar refractivity (Wildman–Crippen MR) is 85.1 cm³/mol. The molecule has 1 heterocycles. The standard InChI is InChI=1S/C16H20N4O2/c1-11-6-7-15(20-19-11)18-14-5-3-4-13(10-14)16(22)17-9-8-12(2)21/h3-7,10,12,21H,8-9H2,1-2H3,(H,17,22)(H,18,20). The van der Waals surface area contributed by atoms with Gasteiger partial charge in [0, 0.05) is 17.8 Å². The predicted octanol–water partition coefficient (Wildman–Crippen LogP) is 2.03. The minimum Gasteiger partial charge on any atom is -0.393 e. The minimum absolute atomic E-state index is 0.167. The Balaban J connectivity index is 2.00. The number of aliphatic hydroxyl groups is 1. The van der Waals surface area contributed by atoms with Crippen LogP contribution in [0.1, 0.15) is 29.4 Å². The third-order valence-corrected chi connectivity index (χ3v) is 3.04. The highest BCUT2D eigenvalue weighted by molar-refractivity contribution is 5.95. The second kappa shape index (κ2) is 7.51. The monoisotopic (exact) mass is 300 g/mol. The van der Waals surface area contributed by atoms with E-state index in [9.17, 15) is 9.90 Å². The molecule has 0 spiro atoms. The lowest BCUT2D eigenvalue weighted by atomic mass is 10.2. The van der Waals surface area contributed by atoms with Crippen molar-refractivity contribution in [1.29, 1.82) is 0 Å². The van der Waals surface area contributed by atoms with Crippen LogP contribution in [0.15, 0.2) is 36.4 Å². The number of nitrogens with zero attached hydrogens (tertiary/aromatic N) is 2. The van der Waals surface area contributed by atoms with Gasteiger partial charge in [0.2, 0.25) is 0 Å². The Morgan fingerprint density at radius 2 is 2.09 bits per heavy atom. The van der Waals surface area contributed by atoms with E-state index in [-0.39, 0.29) is 5.91 Å². The van der Waals surface area contributed by atoms with Crippen molar-refractivity contribution >= 4 is 17.4 Å². The minimum atomic E-state index is -0.423. The molecule has 2 rings (SSSR count). The topological polar surface area (TPSA) is 87.1 Å². The molecule has 0 radical (unpaired) electrons. The van der Waals surface area contributed by atoms with E-state index in [0.29, 0.717) is 24.3 Å². The summed E-state index contributed by atoms with van der Waals surface area (Å²) in [4.78, 5) is 12.0. The molecular formula is C16H20N4O2. The third kappa shape index (κ3) is 4.82. The Morgan fingerprint density at radius 3 is 2.77 bits per heavy atom. The van der Waals surface area contributed by atoms with Gasteiger partial charge in [-0.1, -0.05) is 6.07 Å². The second-order valence-electron chi connectivity index (χ2n) is 5.16. The van der Waals surface area contributed by atoms with Gasteiger partial charge in [0.25, 0.3) is 5.91 Å². The first-order valence-corrected chi connectivity index (χ1v) is 7.18. The highest BCUT2D eigenvalue weighted by atomic mass is 16.3. The van der Waals surface area contributed by atoms with Crippen LogP contribution in [0.25, 0.3) is 0 Å². The van der Waals surface area contributed by atoms with Crippen molar-refractivity contribution in [3.8, 4) is 0 Å². The zero-order valence-electron chi connectivity index (χ0n) is 12.7. The molecule has 1 atom stereocenters. The van der Waals surface area contributed by atoms with Gasteiger partial charge in [0.1, 0.15) is 0 Å². The second-order valence-corrected chi connectivity index (χ2v) is 5.16. The molecule has 2 aromatic rings. The van der Waals surface area contributed by atoms with Gasteiger partial charge in [0.05, 0.1) is 11.8 Å². The average molecular weight is 300 g/mol. The van der Waals surface area contributed by atoms with Crippen LogP contribution in [0.3, 0.4) is 0 Å². The van der Waals surface area contributed by atoms with Gasteiger partial charge < -0.3 is 15.7 Å². The van der Waals surface area contributed by atoms with Gasteiger partial charge in [-0.15, -0.1) is 5.10 Å². The van der Waals surface area contributed by atoms with Crippen LogP contribution in [0.4, 0.5) is 11.5 Å². The molecule has 1 aromatic heterocycles. The maximum Gasteiger partial charge on any atom is 0.251 e. The number of amides is 1. The van der Waals surface area contributed by atoms with Gasteiger partial charge in [-0.05, 0) is 50.6 Å². The molecular weight excluding hydrogens is 280 g/mol. The summed E-state index contributed by atoms with van der Waals surface area (Å²) >= 11 is 0. The first-order valence-electron chi connectivity index (χ1n) is 7.18. The number of benzene rings is 1. The van der Waals surface area contributed by atoms with Crippen molar-refractivity contribution in [2.24, 2.45) is 0 Å². The Bertz CT molecular complexity index is 626. The number of anilines is 2. The van der Waals surface area contributed by atoms with E-state index < -0.39 is 6.10 Å². The molecule has 0 aliphatic heterocycles. The fraction of sp³-hybridized carbons (Fsp3) is 0.312. The molecule has 6 nitrogen and oxygen atoms in total. The van der Waals surface area contributed by atoms with E-state index in [0.717, 1.165) is 11.4 Å². The maximum atomic E-state index is 12.0. The molecule has 116 valence electrons. The maximum absolute atomic E-state index is 12.0. The molecule has 1 unspecified atom stereocenters. The number of hydrogen-bond donors (Lipinski definition) is 3. The molecule has 0 aliphatic carbocycles. The Kier molecular flexibility index (Phi) is 5.43. The molecule has 22 heavy (non-hydrogen) atoms. The van der Waals surface area contributed by atoms with Crippen LogP contribution < -0.4 is 10.6 Å². The first kappa shape index (κ1) is 15.9. The number of carbonyl (C=O) groups is 1. The van der Waals surface area contributed by atoms with Crippen molar-refractivity contribution in [1.82, 2.24) is 15.5 Å². The molecule has 0 saturated heterocycles. The summed E-state index contributed by atoms with van der Waals surface area (Å²) in [5.74, 6) is 0.455. The Labute approximate surface area is 129 Å². The van der Waals surface area contributed by atoms with E-state index in [2.05, 4.69) is 20.8 Å². The highest BCUT2D eigenvalue weighted by Crippen LogP contribution is 2.15. The van der Waals surface area contributed by atoms with Crippen LogP contribution in [-0.4, -0.2) is 33.9 Å². The number of aliphatic hydroxyl groups excluding tert-OH is 1. The Morgan fingerprint density at radius 1 is 1.27 bits per heavy atom. The van der Waals surface area contributed by atoms with Crippen LogP contribution in [0.5, 0.6) is 0 Å². The summed E-state index contributed by atoms with van der Waals surface area (Å²) in [7, 11) is 0. The van der Waals surface area contributed by atoms with E-state index in [1.54, 1.807) is 25.1 Å². The fourth-order valence-electron chi connectivity index (χ4n) is 1.85. The lowest BCUT2D eigenvalue weighted by Gasteiger charge is -2.09. The molecule has 1 aromatic carbocycles. The lowest BCUT2D eigenvalue weighted by molar-refractivity contribution is 0.0945. The highest BCUT2D eigenvalue weighted by Gasteiger charge is 2.07. The molecule has 0 saturated carbocycles.